The van der Waals surface area contributed by atoms with Gasteiger partial charge in [0.15, 0.2) is 17.4 Å². The molecule has 0 radical (unpaired) electrons. The van der Waals surface area contributed by atoms with E-state index in [1.165, 1.54) is 29.5 Å². The van der Waals surface area contributed by atoms with Crippen LogP contribution in [0.3, 0.4) is 0 Å². The Morgan fingerprint density at radius 3 is 2.70 bits per heavy atom. The molecule has 0 spiro atoms. The van der Waals surface area contributed by atoms with Gasteiger partial charge in [0.05, 0.1) is 0 Å². The number of likely N-dealkylation sites (N-methyl/N-ethyl adjacent to an activating group) is 1. The highest BCUT2D eigenvalue weighted by molar-refractivity contribution is 8.13. The lowest BCUT2D eigenvalue weighted by Gasteiger charge is -2.36. The van der Waals surface area contributed by atoms with Crippen molar-refractivity contribution in [3.05, 3.63) is 0 Å². The summed E-state index contributed by atoms with van der Waals surface area (Å²) in [6, 6.07) is -0.741. The molecule has 2 heterocycles. The highest BCUT2D eigenvalue weighted by Gasteiger charge is 2.47. The van der Waals surface area contributed by atoms with Gasteiger partial charge in [0.25, 0.3) is 5.91 Å². The van der Waals surface area contributed by atoms with Crippen molar-refractivity contribution in [3.63, 3.8) is 0 Å². The van der Waals surface area contributed by atoms with Gasteiger partial charge in [-0.25, -0.2) is 9.79 Å². The summed E-state index contributed by atoms with van der Waals surface area (Å²) < 4.78 is 0. The maximum Gasteiger partial charge on any atom is 0.325 e. The van der Waals surface area contributed by atoms with E-state index in [9.17, 15) is 9.59 Å². The summed E-state index contributed by atoms with van der Waals surface area (Å²) >= 11 is 1.53. The number of fused-ring (bicyclic) bond motifs is 1. The number of hydrogen-bond acceptors (Lipinski definition) is 5. The molecule has 0 aliphatic carbocycles. The lowest BCUT2D eigenvalue weighted by molar-refractivity contribution is -0.127. The van der Waals surface area contributed by atoms with Crippen molar-refractivity contribution < 1.29 is 9.59 Å². The zero-order valence-electron chi connectivity index (χ0n) is 12.3. The molecule has 2 aliphatic heterocycles. The van der Waals surface area contributed by atoms with Gasteiger partial charge < -0.3 is 9.80 Å². The van der Waals surface area contributed by atoms with Crippen LogP contribution in [0.15, 0.2) is 4.99 Å². The van der Waals surface area contributed by atoms with Crippen molar-refractivity contribution in [1.82, 2.24) is 15.1 Å². The Bertz CT molecular complexity index is 427. The second kappa shape index (κ2) is 6.47. The normalized spacial score (nSPS) is 25.6. The topological polar surface area (TPSA) is 65.0 Å². The minimum absolute atomic E-state index is 0.235. The van der Waals surface area contributed by atoms with Crippen LogP contribution >= 0.6 is 11.8 Å². The number of carbonyl (C=O) groups is 2. The number of amidine groups is 1. The third kappa shape index (κ3) is 2.77. The van der Waals surface area contributed by atoms with Crippen LogP contribution in [0, 0.1) is 0 Å². The molecule has 1 fully saturated rings. The van der Waals surface area contributed by atoms with Gasteiger partial charge in [0.1, 0.15) is 0 Å². The number of unbranched alkanes of at least 4 members (excludes halogenated alkanes) is 3. The highest BCUT2D eigenvalue weighted by Crippen LogP contribution is 2.27. The quantitative estimate of drug-likeness (QED) is 0.781. The number of rotatable bonds is 5. The van der Waals surface area contributed by atoms with E-state index in [0.717, 1.165) is 24.6 Å². The zero-order chi connectivity index (χ0) is 14.7. The van der Waals surface area contributed by atoms with Gasteiger partial charge in [0, 0.05) is 13.6 Å². The predicted molar refractivity (Wildman–Crippen MR) is 80.7 cm³/mol. The summed E-state index contributed by atoms with van der Waals surface area (Å²) in [6.45, 7) is 2.99. The minimum atomic E-state index is -0.384. The number of imide groups is 1. The Morgan fingerprint density at radius 1 is 1.30 bits per heavy atom. The van der Waals surface area contributed by atoms with Crippen LogP contribution in [-0.4, -0.2) is 59.0 Å². The van der Waals surface area contributed by atoms with E-state index >= 15 is 0 Å². The van der Waals surface area contributed by atoms with Crippen molar-refractivity contribution in [3.8, 4) is 0 Å². The molecule has 0 aromatic carbocycles. The molecule has 112 valence electrons. The lowest BCUT2D eigenvalue weighted by Crippen LogP contribution is -2.63. The maximum absolute atomic E-state index is 12.1. The molecule has 0 saturated carbocycles. The third-order valence-corrected chi connectivity index (χ3v) is 4.46. The molecular weight excluding hydrogens is 276 g/mol. The molecule has 2 atom stereocenters. The molecule has 7 heteroatoms. The molecule has 3 amide bonds. The van der Waals surface area contributed by atoms with E-state index in [1.54, 1.807) is 7.05 Å². The molecule has 2 aliphatic rings. The highest BCUT2D eigenvalue weighted by atomic mass is 32.2. The molecule has 6 nitrogen and oxygen atoms in total. The van der Waals surface area contributed by atoms with E-state index in [0.29, 0.717) is 0 Å². The van der Waals surface area contributed by atoms with Crippen molar-refractivity contribution >= 4 is 28.9 Å². The van der Waals surface area contributed by atoms with Gasteiger partial charge in [-0.2, -0.15) is 0 Å². The van der Waals surface area contributed by atoms with Gasteiger partial charge in [-0.1, -0.05) is 37.9 Å². The average Bonchev–Trinajstić information content (AvgIpc) is 2.80. The summed E-state index contributed by atoms with van der Waals surface area (Å²) in [6.07, 6.45) is 6.16. The first kappa shape index (κ1) is 15.2. The SMILES string of the molecule is CCCCCCN1C(SC)=NC2C1C(=O)NC(=O)N2C. The number of hydrogen-bond donors (Lipinski definition) is 1. The predicted octanol–water partition coefficient (Wildman–Crippen LogP) is 1.48. The Kier molecular flexibility index (Phi) is 4.91. The van der Waals surface area contributed by atoms with Gasteiger partial charge in [-0.3, -0.25) is 10.1 Å². The number of thioether (sulfide) groups is 1. The summed E-state index contributed by atoms with van der Waals surface area (Å²) in [5, 5.41) is 3.26. The van der Waals surface area contributed by atoms with E-state index in [4.69, 9.17) is 0 Å². The number of aliphatic imine (C=N–C) groups is 1. The Morgan fingerprint density at radius 2 is 2.05 bits per heavy atom. The van der Waals surface area contributed by atoms with Crippen LogP contribution in [0.2, 0.25) is 0 Å². The smallest absolute Gasteiger partial charge is 0.325 e. The average molecular weight is 298 g/mol. The zero-order valence-corrected chi connectivity index (χ0v) is 13.1. The molecule has 2 unspecified atom stereocenters. The van der Waals surface area contributed by atoms with Gasteiger partial charge in [0.2, 0.25) is 0 Å². The first-order chi connectivity index (χ1) is 9.60. The van der Waals surface area contributed by atoms with Gasteiger partial charge in [-0.05, 0) is 12.7 Å². The fourth-order valence-electron chi connectivity index (χ4n) is 2.61. The van der Waals surface area contributed by atoms with Crippen LogP contribution < -0.4 is 5.32 Å². The molecular formula is C13H22N4O2S. The van der Waals surface area contributed by atoms with E-state index < -0.39 is 0 Å². The summed E-state index contributed by atoms with van der Waals surface area (Å²) in [7, 11) is 1.68. The maximum atomic E-state index is 12.1. The molecule has 0 bridgehead atoms. The fraction of sp³-hybridized carbons (Fsp3) is 0.769. The molecule has 0 aromatic heterocycles. The van der Waals surface area contributed by atoms with Crippen LogP contribution in [-0.2, 0) is 4.79 Å². The summed E-state index contributed by atoms with van der Waals surface area (Å²) in [5.41, 5.74) is 0. The molecule has 1 N–H and O–H groups in total. The second-order valence-electron chi connectivity index (χ2n) is 5.13. The van der Waals surface area contributed by atoms with Gasteiger partial charge in [-0.15, -0.1) is 0 Å². The molecule has 0 aromatic rings. The van der Waals surface area contributed by atoms with E-state index in [-0.39, 0.29) is 24.1 Å². The van der Waals surface area contributed by atoms with Crippen molar-refractivity contribution in [2.75, 3.05) is 19.8 Å². The van der Waals surface area contributed by atoms with Crippen LogP contribution in [0.1, 0.15) is 32.6 Å². The third-order valence-electron chi connectivity index (χ3n) is 3.76. The Balaban J connectivity index is 2.09. The second-order valence-corrected chi connectivity index (χ2v) is 5.91. The first-order valence-electron chi connectivity index (χ1n) is 7.06. The first-order valence-corrected chi connectivity index (χ1v) is 8.28. The monoisotopic (exact) mass is 298 g/mol. The number of carbonyl (C=O) groups excluding carboxylic acids is 2. The standard InChI is InChI=1S/C13H22N4O2S/c1-4-5-6-7-8-17-9-10(14-13(17)20-3)16(2)12(19)15-11(9)18/h9-10H,4-8H2,1-3H3,(H,15,18,19). The Hall–Kier alpha value is -1.24. The number of amides is 3. The Labute approximate surface area is 124 Å². The van der Waals surface area contributed by atoms with Crippen molar-refractivity contribution in [1.29, 1.82) is 0 Å². The number of nitrogens with zero attached hydrogens (tertiary/aromatic N) is 3. The number of nitrogens with one attached hydrogen (secondary N) is 1. The molecule has 2 rings (SSSR count). The van der Waals surface area contributed by atoms with Crippen LogP contribution in [0.25, 0.3) is 0 Å². The minimum Gasteiger partial charge on any atom is -0.336 e. The lowest BCUT2D eigenvalue weighted by atomic mass is 10.1. The van der Waals surface area contributed by atoms with Crippen LogP contribution in [0.4, 0.5) is 4.79 Å². The van der Waals surface area contributed by atoms with Crippen molar-refractivity contribution in [2.24, 2.45) is 4.99 Å². The summed E-state index contributed by atoms with van der Waals surface area (Å²) in [4.78, 5) is 31.9. The van der Waals surface area contributed by atoms with Crippen molar-refractivity contribution in [2.45, 2.75) is 44.8 Å². The largest absolute Gasteiger partial charge is 0.336 e. The van der Waals surface area contributed by atoms with Crippen LogP contribution in [0.5, 0.6) is 0 Å². The molecule has 1 saturated heterocycles. The molecule has 20 heavy (non-hydrogen) atoms. The number of urea groups is 1. The van der Waals surface area contributed by atoms with Gasteiger partial charge >= 0.3 is 6.03 Å². The summed E-state index contributed by atoms with van der Waals surface area (Å²) in [5.74, 6) is -0.235. The van der Waals surface area contributed by atoms with E-state index in [2.05, 4.69) is 17.2 Å². The van der Waals surface area contributed by atoms with E-state index in [1.807, 2.05) is 11.2 Å². The fourth-order valence-corrected chi connectivity index (χ4v) is 3.27.